The molecule has 4 N–H and O–H groups in total. The summed E-state index contributed by atoms with van der Waals surface area (Å²) in [6, 6.07) is 8.02. The molecule has 6 nitrogen and oxygen atoms in total. The summed E-state index contributed by atoms with van der Waals surface area (Å²) < 4.78 is 0. The van der Waals surface area contributed by atoms with Gasteiger partial charge >= 0.3 is 5.97 Å². The van der Waals surface area contributed by atoms with Crippen LogP contribution in [0.5, 0.6) is 0 Å². The molecule has 1 atom stereocenters. The van der Waals surface area contributed by atoms with Crippen molar-refractivity contribution in [1.82, 2.24) is 4.98 Å². The second-order valence-corrected chi connectivity index (χ2v) is 4.52. The molecule has 20 heavy (non-hydrogen) atoms. The first kappa shape index (κ1) is 14.0. The molecular formula is C14H15N3O3. The molecular weight excluding hydrogens is 258 g/mol. The van der Waals surface area contributed by atoms with Gasteiger partial charge in [-0.1, -0.05) is 18.2 Å². The van der Waals surface area contributed by atoms with Gasteiger partial charge in [-0.2, -0.15) is 0 Å². The monoisotopic (exact) mass is 273 g/mol. The molecule has 0 aliphatic heterocycles. The predicted octanol–water partition coefficient (Wildman–Crippen LogP) is 1.28. The van der Waals surface area contributed by atoms with E-state index in [1.165, 1.54) is 0 Å². The van der Waals surface area contributed by atoms with Crippen LogP contribution in [0, 0.1) is 6.92 Å². The number of aliphatic carboxylic acids is 1. The molecule has 1 amide bonds. The minimum absolute atomic E-state index is 0.409. The third-order valence-electron chi connectivity index (χ3n) is 2.83. The lowest BCUT2D eigenvalue weighted by Gasteiger charge is -2.12. The van der Waals surface area contributed by atoms with E-state index in [2.05, 4.69) is 10.3 Å². The van der Waals surface area contributed by atoms with Gasteiger partial charge in [-0.05, 0) is 19.1 Å². The molecule has 1 unspecified atom stereocenters. The summed E-state index contributed by atoms with van der Waals surface area (Å²) in [5.41, 5.74) is 7.64. The highest BCUT2D eigenvalue weighted by Crippen LogP contribution is 2.22. The maximum Gasteiger partial charge on any atom is 0.305 e. The van der Waals surface area contributed by atoms with Gasteiger partial charge in [-0.3, -0.25) is 14.6 Å². The van der Waals surface area contributed by atoms with E-state index < -0.39 is 24.3 Å². The number of carbonyl (C=O) groups excluding carboxylic acids is 1. The molecule has 0 bridgehead atoms. The van der Waals surface area contributed by atoms with Crippen molar-refractivity contribution in [3.8, 4) is 0 Å². The lowest BCUT2D eigenvalue weighted by molar-refractivity contribution is -0.138. The molecule has 0 saturated carbocycles. The van der Waals surface area contributed by atoms with Gasteiger partial charge in [0.1, 0.15) is 0 Å². The van der Waals surface area contributed by atoms with Crippen LogP contribution in [0.2, 0.25) is 0 Å². The number of benzene rings is 1. The minimum Gasteiger partial charge on any atom is -0.481 e. The standard InChI is InChI=1S/C14H15N3O3/c1-8-6-12(9-4-2-3-5-11(9)16-8)17-14(20)10(15)7-13(18)19/h2-6,10H,7,15H2,1H3,(H,18,19)(H,16,17,20). The highest BCUT2D eigenvalue weighted by atomic mass is 16.4. The van der Waals surface area contributed by atoms with Gasteiger partial charge in [0, 0.05) is 11.1 Å². The van der Waals surface area contributed by atoms with E-state index in [0.717, 1.165) is 16.6 Å². The lowest BCUT2D eigenvalue weighted by Crippen LogP contribution is -2.37. The second-order valence-electron chi connectivity index (χ2n) is 4.52. The Hall–Kier alpha value is -2.47. The van der Waals surface area contributed by atoms with Crippen molar-refractivity contribution < 1.29 is 14.7 Å². The van der Waals surface area contributed by atoms with Crippen LogP contribution in [0.15, 0.2) is 30.3 Å². The number of hydrogen-bond donors (Lipinski definition) is 3. The van der Waals surface area contributed by atoms with Crippen molar-refractivity contribution in [3.63, 3.8) is 0 Å². The van der Waals surface area contributed by atoms with Crippen LogP contribution >= 0.6 is 0 Å². The van der Waals surface area contributed by atoms with Crippen LogP contribution in [-0.4, -0.2) is 28.0 Å². The smallest absolute Gasteiger partial charge is 0.305 e. The van der Waals surface area contributed by atoms with E-state index in [0.29, 0.717) is 5.69 Å². The molecule has 2 rings (SSSR count). The number of anilines is 1. The summed E-state index contributed by atoms with van der Waals surface area (Å²) in [5.74, 6) is -1.63. The number of amides is 1. The number of fused-ring (bicyclic) bond motifs is 1. The van der Waals surface area contributed by atoms with E-state index in [1.807, 2.05) is 31.2 Å². The first-order valence-corrected chi connectivity index (χ1v) is 6.12. The molecule has 104 valence electrons. The van der Waals surface area contributed by atoms with E-state index in [4.69, 9.17) is 10.8 Å². The molecule has 0 aliphatic carbocycles. The number of carboxylic acid groups (broad SMARTS) is 1. The summed E-state index contributed by atoms with van der Waals surface area (Å²) in [6.45, 7) is 1.82. The summed E-state index contributed by atoms with van der Waals surface area (Å²) in [5, 5.41) is 12.1. The molecule has 1 aromatic carbocycles. The maximum absolute atomic E-state index is 11.9. The largest absolute Gasteiger partial charge is 0.481 e. The van der Waals surface area contributed by atoms with Crippen molar-refractivity contribution in [2.24, 2.45) is 5.73 Å². The number of aromatic nitrogens is 1. The average Bonchev–Trinajstić information content (AvgIpc) is 2.37. The Balaban J connectivity index is 2.29. The van der Waals surface area contributed by atoms with Gasteiger partial charge in [0.15, 0.2) is 0 Å². The molecule has 2 aromatic rings. The highest BCUT2D eigenvalue weighted by Gasteiger charge is 2.18. The van der Waals surface area contributed by atoms with Gasteiger partial charge in [-0.25, -0.2) is 0 Å². The molecule has 0 saturated heterocycles. The molecule has 0 spiro atoms. The number of nitrogens with two attached hydrogens (primary N) is 1. The van der Waals surface area contributed by atoms with Crippen molar-refractivity contribution in [1.29, 1.82) is 0 Å². The number of pyridine rings is 1. The molecule has 1 heterocycles. The zero-order chi connectivity index (χ0) is 14.7. The van der Waals surface area contributed by atoms with Crippen LogP contribution in [0.1, 0.15) is 12.1 Å². The van der Waals surface area contributed by atoms with Gasteiger partial charge in [-0.15, -0.1) is 0 Å². The Morgan fingerprint density at radius 1 is 1.40 bits per heavy atom. The predicted molar refractivity (Wildman–Crippen MR) is 75.3 cm³/mol. The maximum atomic E-state index is 11.9. The van der Waals surface area contributed by atoms with Crippen LogP contribution in [-0.2, 0) is 9.59 Å². The van der Waals surface area contributed by atoms with Crippen LogP contribution in [0.25, 0.3) is 10.9 Å². The van der Waals surface area contributed by atoms with E-state index in [1.54, 1.807) is 6.07 Å². The summed E-state index contributed by atoms with van der Waals surface area (Å²) in [4.78, 5) is 26.8. The van der Waals surface area contributed by atoms with Crippen molar-refractivity contribution in [3.05, 3.63) is 36.0 Å². The topological polar surface area (TPSA) is 105 Å². The molecule has 6 heteroatoms. The third-order valence-corrected chi connectivity index (χ3v) is 2.83. The molecule has 0 fully saturated rings. The molecule has 1 aromatic heterocycles. The Kier molecular flexibility index (Phi) is 3.95. The number of para-hydroxylation sites is 1. The van der Waals surface area contributed by atoms with Crippen LogP contribution < -0.4 is 11.1 Å². The number of carbonyl (C=O) groups is 2. The fourth-order valence-electron chi connectivity index (χ4n) is 1.92. The van der Waals surface area contributed by atoms with Crippen LogP contribution in [0.4, 0.5) is 5.69 Å². The Bertz CT molecular complexity index is 670. The summed E-state index contributed by atoms with van der Waals surface area (Å²) in [7, 11) is 0. The van der Waals surface area contributed by atoms with Gasteiger partial charge < -0.3 is 16.2 Å². The highest BCUT2D eigenvalue weighted by molar-refractivity contribution is 6.03. The fraction of sp³-hybridized carbons (Fsp3) is 0.214. The van der Waals surface area contributed by atoms with Gasteiger partial charge in [0.25, 0.3) is 0 Å². The summed E-state index contributed by atoms with van der Waals surface area (Å²) >= 11 is 0. The number of hydrogen-bond acceptors (Lipinski definition) is 4. The SMILES string of the molecule is Cc1cc(NC(=O)C(N)CC(=O)O)c2ccccc2n1. The van der Waals surface area contributed by atoms with E-state index in [9.17, 15) is 9.59 Å². The van der Waals surface area contributed by atoms with Gasteiger partial charge in [0.05, 0.1) is 23.7 Å². The zero-order valence-corrected chi connectivity index (χ0v) is 11.0. The lowest BCUT2D eigenvalue weighted by atomic mass is 10.1. The van der Waals surface area contributed by atoms with E-state index in [-0.39, 0.29) is 0 Å². The van der Waals surface area contributed by atoms with Crippen molar-refractivity contribution in [2.45, 2.75) is 19.4 Å². The minimum atomic E-state index is -1.11. The number of nitrogens with zero attached hydrogens (tertiary/aromatic N) is 1. The Labute approximate surface area is 115 Å². The molecule has 0 radical (unpaired) electrons. The summed E-state index contributed by atoms with van der Waals surface area (Å²) in [6.07, 6.45) is -0.409. The molecule has 0 aliphatic rings. The average molecular weight is 273 g/mol. The van der Waals surface area contributed by atoms with Gasteiger partial charge in [0.2, 0.25) is 5.91 Å². The normalized spacial score (nSPS) is 12.1. The van der Waals surface area contributed by atoms with Crippen molar-refractivity contribution >= 4 is 28.5 Å². The number of nitrogens with one attached hydrogen (secondary N) is 1. The third kappa shape index (κ3) is 3.10. The van der Waals surface area contributed by atoms with Crippen LogP contribution in [0.3, 0.4) is 0 Å². The Morgan fingerprint density at radius 3 is 2.80 bits per heavy atom. The first-order chi connectivity index (χ1) is 9.47. The fourth-order valence-corrected chi connectivity index (χ4v) is 1.92. The zero-order valence-electron chi connectivity index (χ0n) is 11.0. The second kappa shape index (κ2) is 5.66. The number of carboxylic acids is 1. The Morgan fingerprint density at radius 2 is 2.10 bits per heavy atom. The quantitative estimate of drug-likeness (QED) is 0.778. The number of rotatable bonds is 4. The number of aryl methyl sites for hydroxylation is 1. The first-order valence-electron chi connectivity index (χ1n) is 6.12. The van der Waals surface area contributed by atoms with Crippen molar-refractivity contribution in [2.75, 3.05) is 5.32 Å². The van der Waals surface area contributed by atoms with E-state index >= 15 is 0 Å².